The zero-order valence-electron chi connectivity index (χ0n) is 14.7. The van der Waals surface area contributed by atoms with Gasteiger partial charge in [-0.1, -0.05) is 18.7 Å². The topological polar surface area (TPSA) is 82.1 Å². The van der Waals surface area contributed by atoms with E-state index in [1.165, 1.54) is 6.08 Å². The van der Waals surface area contributed by atoms with E-state index < -0.39 is 0 Å². The van der Waals surface area contributed by atoms with Gasteiger partial charge < -0.3 is 15.0 Å². The first kappa shape index (κ1) is 16.3. The number of amides is 1. The summed E-state index contributed by atoms with van der Waals surface area (Å²) in [5.74, 6) is 0.314. The molecule has 6 nitrogen and oxygen atoms in total. The average Bonchev–Trinajstić information content (AvgIpc) is 3.03. The molecule has 2 aromatic heterocycles. The van der Waals surface area contributed by atoms with Gasteiger partial charge in [0.05, 0.1) is 5.69 Å². The maximum absolute atomic E-state index is 11.9. The smallest absolute Gasteiger partial charge is 0.246 e. The van der Waals surface area contributed by atoms with Crippen LogP contribution in [-0.4, -0.2) is 43.2 Å². The number of hydrogen-bond acceptors (Lipinski definition) is 4. The third-order valence-electron chi connectivity index (χ3n) is 5.31. The van der Waals surface area contributed by atoms with Crippen molar-refractivity contribution in [2.75, 3.05) is 6.54 Å². The Bertz CT molecular complexity index is 1020. The first-order valence-corrected chi connectivity index (χ1v) is 8.50. The van der Waals surface area contributed by atoms with E-state index in [0.29, 0.717) is 23.4 Å². The van der Waals surface area contributed by atoms with Crippen LogP contribution in [0.2, 0.25) is 0 Å². The number of H-pyrrole nitrogens is 1. The van der Waals surface area contributed by atoms with E-state index in [-0.39, 0.29) is 23.1 Å². The van der Waals surface area contributed by atoms with Gasteiger partial charge >= 0.3 is 0 Å². The average molecular weight is 348 g/mol. The van der Waals surface area contributed by atoms with Crippen molar-refractivity contribution < 1.29 is 9.90 Å². The van der Waals surface area contributed by atoms with Crippen molar-refractivity contribution in [3.05, 3.63) is 54.7 Å². The van der Waals surface area contributed by atoms with Crippen LogP contribution in [0.4, 0.5) is 0 Å². The van der Waals surface area contributed by atoms with E-state index in [1.807, 2.05) is 36.9 Å². The first-order valence-electron chi connectivity index (χ1n) is 8.50. The molecule has 1 aliphatic rings. The van der Waals surface area contributed by atoms with Crippen molar-refractivity contribution in [3.63, 3.8) is 0 Å². The molecule has 4 rings (SSSR count). The van der Waals surface area contributed by atoms with Crippen LogP contribution in [0.15, 0.2) is 49.1 Å². The predicted molar refractivity (Wildman–Crippen MR) is 99.7 cm³/mol. The lowest BCUT2D eigenvalue weighted by molar-refractivity contribution is -0.141. The van der Waals surface area contributed by atoms with Crippen LogP contribution < -0.4 is 0 Å². The number of rotatable bonds is 3. The first-order chi connectivity index (χ1) is 12.4. The summed E-state index contributed by atoms with van der Waals surface area (Å²) < 4.78 is 0. The van der Waals surface area contributed by atoms with Gasteiger partial charge in [-0.25, -0.2) is 0 Å². The second-order valence-corrected chi connectivity index (χ2v) is 7.13. The summed E-state index contributed by atoms with van der Waals surface area (Å²) >= 11 is 0. The van der Waals surface area contributed by atoms with Crippen LogP contribution >= 0.6 is 0 Å². The van der Waals surface area contributed by atoms with Gasteiger partial charge in [0.2, 0.25) is 5.91 Å². The third-order valence-corrected chi connectivity index (χ3v) is 5.31. The molecule has 26 heavy (non-hydrogen) atoms. The monoisotopic (exact) mass is 348 g/mol. The minimum absolute atomic E-state index is 0.0519. The molecule has 1 atom stereocenters. The Kier molecular flexibility index (Phi) is 3.57. The van der Waals surface area contributed by atoms with E-state index in [4.69, 9.17) is 0 Å². The number of carbonyl (C=O) groups excluding carboxylic acids is 1. The normalized spacial score (nSPS) is 18.5. The summed E-state index contributed by atoms with van der Waals surface area (Å²) in [6.45, 7) is 8.31. The van der Waals surface area contributed by atoms with Crippen LogP contribution in [0.5, 0.6) is 5.75 Å². The standard InChI is InChI=1S/C20H20N4O2/c1-4-18(26)24-11-14(20(24,2)3)16-10-12-9-15(22-23-19(12)21-16)13-7-5-6-8-17(13)25/h4-10,14,25H,1,11H2,2-3H3,(H,21,23). The van der Waals surface area contributed by atoms with Gasteiger partial charge in [-0.15, -0.1) is 10.2 Å². The summed E-state index contributed by atoms with van der Waals surface area (Å²) in [5.41, 5.74) is 2.71. The van der Waals surface area contributed by atoms with Gasteiger partial charge in [-0.3, -0.25) is 4.79 Å². The molecular weight excluding hydrogens is 328 g/mol. The lowest BCUT2D eigenvalue weighted by Crippen LogP contribution is -2.63. The molecule has 1 aliphatic heterocycles. The van der Waals surface area contributed by atoms with Crippen molar-refractivity contribution in [1.82, 2.24) is 20.1 Å². The van der Waals surface area contributed by atoms with Gasteiger partial charge in [-0.2, -0.15) is 0 Å². The molecule has 132 valence electrons. The lowest BCUT2D eigenvalue weighted by atomic mass is 9.74. The fraction of sp³-hybridized carbons (Fsp3) is 0.250. The van der Waals surface area contributed by atoms with Gasteiger partial charge in [0.1, 0.15) is 5.75 Å². The Balaban J connectivity index is 1.68. The van der Waals surface area contributed by atoms with Gasteiger partial charge in [0.15, 0.2) is 5.65 Å². The molecule has 3 heterocycles. The van der Waals surface area contributed by atoms with Crippen LogP contribution in [0, 0.1) is 0 Å². The highest BCUT2D eigenvalue weighted by Crippen LogP contribution is 2.43. The number of carbonyl (C=O) groups is 1. The van der Waals surface area contributed by atoms with Gasteiger partial charge in [0.25, 0.3) is 0 Å². The number of hydrogen-bond donors (Lipinski definition) is 2. The second kappa shape index (κ2) is 5.69. The molecule has 6 heteroatoms. The molecule has 0 saturated carbocycles. The van der Waals surface area contributed by atoms with Crippen molar-refractivity contribution in [2.45, 2.75) is 25.3 Å². The zero-order valence-corrected chi connectivity index (χ0v) is 14.7. The number of phenolic OH excluding ortho intramolecular Hbond substituents is 1. The van der Waals surface area contributed by atoms with Gasteiger partial charge in [-0.05, 0) is 44.2 Å². The van der Waals surface area contributed by atoms with Crippen molar-refractivity contribution >= 4 is 16.9 Å². The van der Waals surface area contributed by atoms with Gasteiger partial charge in [0, 0.05) is 34.6 Å². The summed E-state index contributed by atoms with van der Waals surface area (Å²) in [7, 11) is 0. The quantitative estimate of drug-likeness (QED) is 0.712. The van der Waals surface area contributed by atoms with Crippen LogP contribution in [0.1, 0.15) is 25.5 Å². The maximum Gasteiger partial charge on any atom is 0.246 e. The molecule has 3 aromatic rings. The van der Waals surface area contributed by atoms with Crippen LogP contribution in [0.3, 0.4) is 0 Å². The lowest BCUT2D eigenvalue weighted by Gasteiger charge is -2.54. The summed E-state index contributed by atoms with van der Waals surface area (Å²) in [6.07, 6.45) is 1.35. The Morgan fingerprint density at radius 1 is 1.35 bits per heavy atom. The molecule has 0 spiro atoms. The predicted octanol–water partition coefficient (Wildman–Crippen LogP) is 3.22. The number of aromatic amines is 1. The number of para-hydroxylation sites is 1. The highest BCUT2D eigenvalue weighted by molar-refractivity contribution is 5.89. The molecular formula is C20H20N4O2. The van der Waals surface area contributed by atoms with E-state index in [1.54, 1.807) is 12.1 Å². The third kappa shape index (κ3) is 2.37. The SMILES string of the molecule is C=CC(=O)N1CC(c2cc3cc(-c4ccccc4O)nnc3[nH]2)C1(C)C. The number of nitrogens with zero attached hydrogens (tertiary/aromatic N) is 3. The van der Waals surface area contributed by atoms with Crippen LogP contribution in [0.25, 0.3) is 22.3 Å². The summed E-state index contributed by atoms with van der Waals surface area (Å²) in [5, 5.41) is 19.4. The Morgan fingerprint density at radius 3 is 2.81 bits per heavy atom. The fourth-order valence-electron chi connectivity index (χ4n) is 3.64. The highest BCUT2D eigenvalue weighted by atomic mass is 16.3. The largest absolute Gasteiger partial charge is 0.507 e. The molecule has 1 amide bonds. The molecule has 0 bridgehead atoms. The molecule has 2 N–H and O–H groups in total. The number of nitrogens with one attached hydrogen (secondary N) is 1. The molecule has 0 aliphatic carbocycles. The zero-order chi connectivity index (χ0) is 18.5. The summed E-state index contributed by atoms with van der Waals surface area (Å²) in [6, 6.07) is 11.0. The minimum Gasteiger partial charge on any atom is -0.507 e. The van der Waals surface area contributed by atoms with E-state index >= 15 is 0 Å². The number of likely N-dealkylation sites (tertiary alicyclic amines) is 1. The summed E-state index contributed by atoms with van der Waals surface area (Å²) in [4.78, 5) is 17.1. The fourth-order valence-corrected chi connectivity index (χ4v) is 3.64. The molecule has 1 saturated heterocycles. The Hall–Kier alpha value is -3.15. The second-order valence-electron chi connectivity index (χ2n) is 7.13. The highest BCUT2D eigenvalue weighted by Gasteiger charge is 2.49. The Morgan fingerprint density at radius 2 is 2.12 bits per heavy atom. The minimum atomic E-state index is -0.292. The molecule has 1 fully saturated rings. The van der Waals surface area contributed by atoms with Crippen molar-refractivity contribution in [3.8, 4) is 17.0 Å². The van der Waals surface area contributed by atoms with Crippen molar-refractivity contribution in [1.29, 1.82) is 0 Å². The van der Waals surface area contributed by atoms with E-state index in [2.05, 4.69) is 27.8 Å². The van der Waals surface area contributed by atoms with E-state index in [9.17, 15) is 9.90 Å². The number of fused-ring (bicyclic) bond motifs is 1. The molecule has 0 radical (unpaired) electrons. The maximum atomic E-state index is 11.9. The number of aromatic nitrogens is 3. The number of benzene rings is 1. The van der Waals surface area contributed by atoms with E-state index in [0.717, 1.165) is 11.1 Å². The van der Waals surface area contributed by atoms with Crippen LogP contribution in [-0.2, 0) is 4.79 Å². The number of aromatic hydroxyl groups is 1. The molecule has 1 aromatic carbocycles. The van der Waals surface area contributed by atoms with Crippen molar-refractivity contribution in [2.24, 2.45) is 0 Å². The number of phenols is 1. The Labute approximate surface area is 151 Å². The molecule has 1 unspecified atom stereocenters.